The minimum atomic E-state index is -2.19. The van der Waals surface area contributed by atoms with Crippen LogP contribution in [-0.4, -0.2) is 48.9 Å². The number of aliphatic imine (C=N–C) groups is 1. The van der Waals surface area contributed by atoms with Crippen LogP contribution < -0.4 is 10.6 Å². The van der Waals surface area contributed by atoms with E-state index in [1.165, 1.54) is 0 Å². The zero-order valence-electron chi connectivity index (χ0n) is 17.4. The van der Waals surface area contributed by atoms with E-state index in [1.54, 1.807) is 18.5 Å². The van der Waals surface area contributed by atoms with Crippen LogP contribution in [0.15, 0.2) is 23.5 Å². The fourth-order valence-electron chi connectivity index (χ4n) is 3.42. The molecule has 0 aliphatic carbocycles. The molecule has 1 saturated heterocycles. The predicted octanol–water partition coefficient (Wildman–Crippen LogP) is 3.91. The van der Waals surface area contributed by atoms with Gasteiger partial charge < -0.3 is 20.2 Å². The summed E-state index contributed by atoms with van der Waals surface area (Å²) in [6.45, 7) is 14.1. The molecule has 1 aromatic heterocycles. The van der Waals surface area contributed by atoms with Crippen molar-refractivity contribution in [1.82, 2.24) is 15.6 Å². The maximum Gasteiger partial charge on any atom is 0.405 e. The van der Waals surface area contributed by atoms with Gasteiger partial charge in [0.1, 0.15) is 5.54 Å². The van der Waals surface area contributed by atoms with E-state index in [0.717, 1.165) is 6.54 Å². The van der Waals surface area contributed by atoms with Gasteiger partial charge in [0, 0.05) is 24.8 Å². The molecule has 3 N–H and O–H groups in total. The molecule has 0 radical (unpaired) electrons. The number of nitrogens with one attached hydrogen (secondary N) is 2. The van der Waals surface area contributed by atoms with Gasteiger partial charge in [0.05, 0.1) is 23.1 Å². The van der Waals surface area contributed by atoms with E-state index in [1.807, 2.05) is 0 Å². The number of piperidine rings is 1. The van der Waals surface area contributed by atoms with Gasteiger partial charge in [0.2, 0.25) is 0 Å². The van der Waals surface area contributed by atoms with E-state index in [-0.39, 0.29) is 17.1 Å². The number of thiocarbonyl (C=S) groups is 1. The molecular weight excluding hydrogens is 392 g/mol. The first-order valence-electron chi connectivity index (χ1n) is 9.36. The second-order valence-corrected chi connectivity index (χ2v) is 13.8. The third-order valence-corrected chi connectivity index (χ3v) is 10.4. The van der Waals surface area contributed by atoms with Crippen LogP contribution in [-0.2, 0) is 9.96 Å². The summed E-state index contributed by atoms with van der Waals surface area (Å²) in [4.78, 5) is 20.1. The van der Waals surface area contributed by atoms with Crippen LogP contribution in [0.4, 0.5) is 10.5 Å². The van der Waals surface area contributed by atoms with Crippen molar-refractivity contribution in [2.24, 2.45) is 10.9 Å². The molecular formula is C19H30N4O3SSi. The molecule has 1 aromatic rings. The van der Waals surface area contributed by atoms with Gasteiger partial charge in [0.15, 0.2) is 8.32 Å². The zero-order chi connectivity index (χ0) is 21.2. The molecule has 0 saturated carbocycles. The summed E-state index contributed by atoms with van der Waals surface area (Å²) in [5.41, 5.74) is 0.156. The largest absolute Gasteiger partial charge is 0.465 e. The van der Waals surface area contributed by atoms with Gasteiger partial charge in [-0.25, -0.2) is 4.79 Å². The van der Waals surface area contributed by atoms with E-state index < -0.39 is 19.9 Å². The highest BCUT2D eigenvalue weighted by Crippen LogP contribution is 2.44. The molecule has 28 heavy (non-hydrogen) atoms. The van der Waals surface area contributed by atoms with Crippen molar-refractivity contribution in [1.29, 1.82) is 0 Å². The number of pyridine rings is 1. The van der Waals surface area contributed by atoms with Gasteiger partial charge in [-0.15, -0.1) is 0 Å². The van der Waals surface area contributed by atoms with E-state index in [0.29, 0.717) is 17.8 Å². The average Bonchev–Trinajstić information content (AvgIpc) is 2.57. The second-order valence-electron chi connectivity index (χ2n) is 8.90. The van der Waals surface area contributed by atoms with Crippen LogP contribution in [0.1, 0.15) is 33.3 Å². The number of rotatable bonds is 5. The predicted molar refractivity (Wildman–Crippen MR) is 116 cm³/mol. The van der Waals surface area contributed by atoms with Crippen LogP contribution in [0.25, 0.3) is 0 Å². The van der Waals surface area contributed by atoms with E-state index in [9.17, 15) is 9.90 Å². The molecule has 0 aromatic carbocycles. The van der Waals surface area contributed by atoms with Crippen molar-refractivity contribution in [3.05, 3.63) is 24.0 Å². The van der Waals surface area contributed by atoms with Crippen LogP contribution in [0.3, 0.4) is 0 Å². The van der Waals surface area contributed by atoms with Crippen LogP contribution in [0, 0.1) is 5.92 Å². The lowest BCUT2D eigenvalue weighted by Gasteiger charge is -2.51. The Kier molecular flexibility index (Phi) is 6.78. The number of aromatic nitrogens is 1. The molecule has 154 valence electrons. The number of amides is 1. The highest BCUT2D eigenvalue weighted by molar-refractivity contribution is 7.78. The van der Waals surface area contributed by atoms with Gasteiger partial charge in [-0.05, 0) is 42.3 Å². The molecule has 7 nitrogen and oxygen atoms in total. The lowest BCUT2D eigenvalue weighted by molar-refractivity contribution is 0.00486. The molecule has 1 aliphatic rings. The van der Waals surface area contributed by atoms with Crippen LogP contribution in [0.5, 0.6) is 0 Å². The van der Waals surface area contributed by atoms with Crippen LogP contribution in [0.2, 0.25) is 18.1 Å². The molecule has 3 atom stereocenters. The number of hydrogen-bond acceptors (Lipinski definition) is 6. The van der Waals surface area contributed by atoms with Gasteiger partial charge in [0.25, 0.3) is 0 Å². The molecule has 2 heterocycles. The van der Waals surface area contributed by atoms with Gasteiger partial charge in [-0.2, -0.15) is 4.99 Å². The Morgan fingerprint density at radius 2 is 2.21 bits per heavy atom. The van der Waals surface area contributed by atoms with E-state index >= 15 is 0 Å². The number of hydrogen-bond donors (Lipinski definition) is 3. The first-order valence-corrected chi connectivity index (χ1v) is 12.7. The molecule has 2 rings (SSSR count). The number of carboxylic acid groups (broad SMARTS) is 1. The van der Waals surface area contributed by atoms with Gasteiger partial charge in [-0.3, -0.25) is 4.98 Å². The minimum Gasteiger partial charge on any atom is -0.465 e. The Morgan fingerprint density at radius 3 is 2.79 bits per heavy atom. The van der Waals surface area contributed by atoms with Gasteiger partial charge in [-0.1, -0.05) is 27.7 Å². The molecule has 9 heteroatoms. The molecule has 1 aliphatic heterocycles. The summed E-state index contributed by atoms with van der Waals surface area (Å²) in [6, 6.07) is 1.78. The smallest absolute Gasteiger partial charge is 0.405 e. The third-order valence-electron chi connectivity index (χ3n) is 5.88. The fraction of sp³-hybridized carbons (Fsp3) is 0.632. The first-order chi connectivity index (χ1) is 12.9. The zero-order valence-corrected chi connectivity index (χ0v) is 19.2. The lowest BCUT2D eigenvalue weighted by Crippen LogP contribution is -2.68. The Bertz CT molecular complexity index is 777. The molecule has 1 fully saturated rings. The average molecular weight is 423 g/mol. The van der Waals surface area contributed by atoms with Crippen molar-refractivity contribution in [3.8, 4) is 0 Å². The van der Waals surface area contributed by atoms with E-state index in [4.69, 9.17) is 16.6 Å². The summed E-state index contributed by atoms with van der Waals surface area (Å²) in [5, 5.41) is 18.2. The summed E-state index contributed by atoms with van der Waals surface area (Å²) >= 11 is 4.79. The maximum absolute atomic E-state index is 11.9. The Labute approximate surface area is 173 Å². The lowest BCUT2D eigenvalue weighted by atomic mass is 9.76. The van der Waals surface area contributed by atoms with Crippen molar-refractivity contribution in [2.75, 3.05) is 13.1 Å². The summed E-state index contributed by atoms with van der Waals surface area (Å²) in [7, 11) is -2.19. The normalized spacial score (nSPS) is 25.6. The highest BCUT2D eigenvalue weighted by Gasteiger charge is 2.52. The Morgan fingerprint density at radius 1 is 1.54 bits per heavy atom. The number of carbonyl (C=O) groups is 1. The molecule has 1 amide bonds. The van der Waals surface area contributed by atoms with Crippen molar-refractivity contribution < 1.29 is 14.3 Å². The summed E-state index contributed by atoms with van der Waals surface area (Å²) < 4.78 is 6.82. The SMILES string of the molecule is C[C@H]1CNC[C@](NC(=O)O)(c2ccncc2N=C=S)[C@@H]1O[Si](C)(C)C(C)(C)C. The highest BCUT2D eigenvalue weighted by atomic mass is 32.1. The van der Waals surface area contributed by atoms with E-state index in [2.05, 4.69) is 66.6 Å². The standard InChI is InChI=1S/C19H30N4O3SSi/c1-13-9-21-11-19(23-17(24)25,14-7-8-20-10-15(14)22-12-27)16(13)26-28(5,6)18(2,3)4/h7-8,10,13,16,21,23H,9,11H2,1-6H3,(H,24,25)/t13-,16+,19-/m0/s1. The van der Waals surface area contributed by atoms with Crippen molar-refractivity contribution >= 4 is 37.5 Å². The number of isothiocyanates is 1. The monoisotopic (exact) mass is 422 g/mol. The fourth-order valence-corrected chi connectivity index (χ4v) is 4.95. The first kappa shape index (κ1) is 22.6. The Balaban J connectivity index is 2.68. The van der Waals surface area contributed by atoms with Gasteiger partial charge >= 0.3 is 6.09 Å². The minimum absolute atomic E-state index is 0.0137. The van der Waals surface area contributed by atoms with Crippen molar-refractivity contribution in [2.45, 2.75) is 57.5 Å². The maximum atomic E-state index is 11.9. The second kappa shape index (κ2) is 8.38. The van der Waals surface area contributed by atoms with Crippen LogP contribution >= 0.6 is 12.2 Å². The summed E-state index contributed by atoms with van der Waals surface area (Å²) in [6.07, 6.45) is 1.72. The Hall–Kier alpha value is -1.64. The topological polar surface area (TPSA) is 95.8 Å². The molecule has 0 unspecified atom stereocenters. The summed E-state index contributed by atoms with van der Waals surface area (Å²) in [5.74, 6) is 0.0761. The molecule has 0 spiro atoms. The third kappa shape index (κ3) is 4.50. The number of nitrogens with zero attached hydrogens (tertiary/aromatic N) is 2. The van der Waals surface area contributed by atoms with Crippen molar-refractivity contribution in [3.63, 3.8) is 0 Å². The quantitative estimate of drug-likeness (QED) is 0.378. The molecule has 0 bridgehead atoms.